The Morgan fingerprint density at radius 3 is 3.29 bits per heavy atom. The first-order valence-corrected chi connectivity index (χ1v) is 4.83. The summed E-state index contributed by atoms with van der Waals surface area (Å²) in [5.41, 5.74) is 0.935. The number of carbonyl (C=O) groups excluding carboxylic acids is 1. The Bertz CT molecular complexity index is 290. The smallest absolute Gasteiger partial charge is 0.224 e. The second-order valence-corrected chi connectivity index (χ2v) is 3.49. The molecule has 0 aliphatic carbocycles. The van der Waals surface area contributed by atoms with E-state index in [1.54, 1.807) is 6.20 Å². The van der Waals surface area contributed by atoms with Gasteiger partial charge in [0.2, 0.25) is 5.91 Å². The van der Waals surface area contributed by atoms with Crippen LogP contribution in [0.5, 0.6) is 0 Å². The summed E-state index contributed by atoms with van der Waals surface area (Å²) in [6, 6.07) is 1.85. The van der Waals surface area contributed by atoms with Gasteiger partial charge < -0.3 is 10.6 Å². The summed E-state index contributed by atoms with van der Waals surface area (Å²) in [7, 11) is 0. The summed E-state index contributed by atoms with van der Waals surface area (Å²) in [5.74, 6) is 0.266. The molecule has 3 N–H and O–H groups in total. The molecule has 1 amide bonds. The van der Waals surface area contributed by atoms with E-state index in [0.717, 1.165) is 25.2 Å². The van der Waals surface area contributed by atoms with Crippen LogP contribution in [0.3, 0.4) is 0 Å². The van der Waals surface area contributed by atoms with E-state index in [1.165, 1.54) is 0 Å². The number of nitrogens with zero attached hydrogens (tertiary/aromatic N) is 1. The maximum atomic E-state index is 11.6. The average molecular weight is 194 g/mol. The summed E-state index contributed by atoms with van der Waals surface area (Å²) in [6.07, 6.45) is 2.62. The SMILES string of the molecule is O=C(NCc1ccn[nH]1)[C@H]1CCNC1. The molecule has 0 aromatic carbocycles. The zero-order chi connectivity index (χ0) is 9.80. The van der Waals surface area contributed by atoms with Gasteiger partial charge in [0.05, 0.1) is 18.2 Å². The van der Waals surface area contributed by atoms with E-state index in [-0.39, 0.29) is 11.8 Å². The van der Waals surface area contributed by atoms with Crippen molar-refractivity contribution in [3.05, 3.63) is 18.0 Å². The number of aromatic amines is 1. The molecular formula is C9H14N4O. The van der Waals surface area contributed by atoms with Gasteiger partial charge in [-0.05, 0) is 19.0 Å². The third-order valence-corrected chi connectivity index (χ3v) is 2.44. The van der Waals surface area contributed by atoms with Crippen molar-refractivity contribution < 1.29 is 4.79 Å². The van der Waals surface area contributed by atoms with Gasteiger partial charge in [-0.2, -0.15) is 5.10 Å². The lowest BCUT2D eigenvalue weighted by Crippen LogP contribution is -2.31. The van der Waals surface area contributed by atoms with Gasteiger partial charge in [-0.25, -0.2) is 0 Å². The van der Waals surface area contributed by atoms with Gasteiger partial charge in [0.1, 0.15) is 0 Å². The topological polar surface area (TPSA) is 69.8 Å². The lowest BCUT2D eigenvalue weighted by molar-refractivity contribution is -0.124. The minimum absolute atomic E-state index is 0.129. The second kappa shape index (κ2) is 4.23. The summed E-state index contributed by atoms with van der Waals surface area (Å²) in [6.45, 7) is 2.28. The molecule has 14 heavy (non-hydrogen) atoms. The van der Waals surface area contributed by atoms with Crippen LogP contribution in [0.25, 0.3) is 0 Å². The van der Waals surface area contributed by atoms with Gasteiger partial charge in [-0.15, -0.1) is 0 Å². The van der Waals surface area contributed by atoms with Crippen LogP contribution in [0.4, 0.5) is 0 Å². The van der Waals surface area contributed by atoms with Gasteiger partial charge in [0.15, 0.2) is 0 Å². The van der Waals surface area contributed by atoms with Gasteiger partial charge in [0, 0.05) is 12.7 Å². The normalized spacial score (nSPS) is 21.0. The molecule has 1 aliphatic heterocycles. The van der Waals surface area contributed by atoms with Crippen molar-refractivity contribution in [1.29, 1.82) is 0 Å². The highest BCUT2D eigenvalue weighted by Gasteiger charge is 2.21. The van der Waals surface area contributed by atoms with E-state index in [4.69, 9.17) is 0 Å². The van der Waals surface area contributed by atoms with Gasteiger partial charge in [-0.1, -0.05) is 0 Å². The molecule has 1 saturated heterocycles. The maximum Gasteiger partial charge on any atom is 0.224 e. The lowest BCUT2D eigenvalue weighted by atomic mass is 10.1. The number of nitrogens with one attached hydrogen (secondary N) is 3. The van der Waals surface area contributed by atoms with Crippen molar-refractivity contribution in [1.82, 2.24) is 20.8 Å². The summed E-state index contributed by atoms with van der Waals surface area (Å²) in [4.78, 5) is 11.6. The second-order valence-electron chi connectivity index (χ2n) is 3.49. The molecule has 1 aromatic heterocycles. The molecule has 0 radical (unpaired) electrons. The molecule has 5 nitrogen and oxygen atoms in total. The van der Waals surface area contributed by atoms with Crippen molar-refractivity contribution in [3.8, 4) is 0 Å². The predicted molar refractivity (Wildman–Crippen MR) is 51.4 cm³/mol. The first-order chi connectivity index (χ1) is 6.86. The first kappa shape index (κ1) is 9.21. The Hall–Kier alpha value is -1.36. The number of aromatic nitrogens is 2. The van der Waals surface area contributed by atoms with E-state index in [0.29, 0.717) is 6.54 Å². The average Bonchev–Trinajstić information content (AvgIpc) is 2.87. The maximum absolute atomic E-state index is 11.6. The molecule has 1 aromatic rings. The molecule has 76 valence electrons. The minimum Gasteiger partial charge on any atom is -0.350 e. The van der Waals surface area contributed by atoms with Gasteiger partial charge in [0.25, 0.3) is 0 Å². The number of H-pyrrole nitrogens is 1. The first-order valence-electron chi connectivity index (χ1n) is 4.83. The van der Waals surface area contributed by atoms with Crippen LogP contribution < -0.4 is 10.6 Å². The quantitative estimate of drug-likeness (QED) is 0.615. The minimum atomic E-state index is 0.129. The highest BCUT2D eigenvalue weighted by Crippen LogP contribution is 2.07. The van der Waals surface area contributed by atoms with Gasteiger partial charge in [-0.3, -0.25) is 9.89 Å². The van der Waals surface area contributed by atoms with Crippen LogP contribution in [0, 0.1) is 5.92 Å². The van der Waals surface area contributed by atoms with Crippen LogP contribution in [0.1, 0.15) is 12.1 Å². The van der Waals surface area contributed by atoms with E-state index in [2.05, 4.69) is 20.8 Å². The van der Waals surface area contributed by atoms with Crippen LogP contribution in [0.2, 0.25) is 0 Å². The van der Waals surface area contributed by atoms with Crippen LogP contribution in [-0.2, 0) is 11.3 Å². The molecule has 1 fully saturated rings. The van der Waals surface area contributed by atoms with E-state index in [9.17, 15) is 4.79 Å². The molecule has 2 heterocycles. The molecule has 0 spiro atoms. The molecule has 1 aliphatic rings. The molecule has 0 unspecified atom stereocenters. The van der Waals surface area contributed by atoms with Crippen LogP contribution in [-0.4, -0.2) is 29.2 Å². The van der Waals surface area contributed by atoms with E-state index >= 15 is 0 Å². The monoisotopic (exact) mass is 194 g/mol. The Morgan fingerprint density at radius 1 is 1.71 bits per heavy atom. The largest absolute Gasteiger partial charge is 0.350 e. The number of rotatable bonds is 3. The molecular weight excluding hydrogens is 180 g/mol. The Balaban J connectivity index is 1.77. The van der Waals surface area contributed by atoms with Crippen molar-refractivity contribution in [2.75, 3.05) is 13.1 Å². The summed E-state index contributed by atoms with van der Waals surface area (Å²) in [5, 5.41) is 12.7. The van der Waals surface area contributed by atoms with Crippen molar-refractivity contribution in [3.63, 3.8) is 0 Å². The fraction of sp³-hybridized carbons (Fsp3) is 0.556. The van der Waals surface area contributed by atoms with E-state index in [1.807, 2.05) is 6.07 Å². The van der Waals surface area contributed by atoms with Gasteiger partial charge >= 0.3 is 0 Å². The highest BCUT2D eigenvalue weighted by atomic mass is 16.1. The van der Waals surface area contributed by atoms with Crippen molar-refractivity contribution in [2.24, 2.45) is 5.92 Å². The molecule has 5 heteroatoms. The molecule has 0 saturated carbocycles. The predicted octanol–water partition coefficient (Wildman–Crippen LogP) is -0.365. The fourth-order valence-electron chi connectivity index (χ4n) is 1.59. The number of hydrogen-bond donors (Lipinski definition) is 3. The molecule has 2 rings (SSSR count). The Kier molecular flexibility index (Phi) is 2.78. The summed E-state index contributed by atoms with van der Waals surface area (Å²) >= 11 is 0. The standard InChI is InChI=1S/C9H14N4O/c14-9(7-1-3-10-5-7)11-6-8-2-4-12-13-8/h2,4,7,10H,1,3,5-6H2,(H,11,14)(H,12,13)/t7-/m0/s1. The van der Waals surface area contributed by atoms with Crippen molar-refractivity contribution >= 4 is 5.91 Å². The highest BCUT2D eigenvalue weighted by molar-refractivity contribution is 5.79. The van der Waals surface area contributed by atoms with Crippen molar-refractivity contribution in [2.45, 2.75) is 13.0 Å². The zero-order valence-electron chi connectivity index (χ0n) is 7.92. The Morgan fingerprint density at radius 2 is 2.64 bits per heavy atom. The summed E-state index contributed by atoms with van der Waals surface area (Å²) < 4.78 is 0. The lowest BCUT2D eigenvalue weighted by Gasteiger charge is -2.08. The number of carbonyl (C=O) groups is 1. The molecule has 0 bridgehead atoms. The van der Waals surface area contributed by atoms with E-state index < -0.39 is 0 Å². The molecule has 1 atom stereocenters. The third kappa shape index (κ3) is 2.11. The Labute approximate surface area is 82.3 Å². The van der Waals surface area contributed by atoms with Crippen LogP contribution >= 0.6 is 0 Å². The number of hydrogen-bond acceptors (Lipinski definition) is 3. The van der Waals surface area contributed by atoms with Crippen LogP contribution in [0.15, 0.2) is 12.3 Å². The fourth-order valence-corrected chi connectivity index (χ4v) is 1.59. The zero-order valence-corrected chi connectivity index (χ0v) is 7.92. The number of amides is 1. The third-order valence-electron chi connectivity index (χ3n) is 2.44.